The summed E-state index contributed by atoms with van der Waals surface area (Å²) in [6.07, 6.45) is 0.110. The van der Waals surface area contributed by atoms with Gasteiger partial charge in [0.05, 0.1) is 18.2 Å². The third-order valence-electron chi connectivity index (χ3n) is 2.36. The third-order valence-corrected chi connectivity index (χ3v) is 3.30. The summed E-state index contributed by atoms with van der Waals surface area (Å²) in [4.78, 5) is 14.9. The Morgan fingerprint density at radius 3 is 2.63 bits per heavy atom. The third kappa shape index (κ3) is 3.79. The molecule has 1 N–H and O–H groups in total. The van der Waals surface area contributed by atoms with Crippen molar-refractivity contribution in [2.75, 3.05) is 0 Å². The van der Waals surface area contributed by atoms with Crippen molar-refractivity contribution in [3.8, 4) is 16.3 Å². The Morgan fingerprint density at radius 1 is 1.37 bits per heavy atom. The number of rotatable bonds is 5. The van der Waals surface area contributed by atoms with E-state index in [1.165, 1.54) is 11.3 Å². The number of aliphatic carboxylic acids is 1. The molecule has 1 aromatic carbocycles. The lowest BCUT2D eigenvalue weighted by Crippen LogP contribution is -2.05. The molecule has 0 spiro atoms. The van der Waals surface area contributed by atoms with E-state index in [0.717, 1.165) is 16.3 Å². The van der Waals surface area contributed by atoms with Crippen LogP contribution in [0, 0.1) is 0 Å². The van der Waals surface area contributed by atoms with Crippen LogP contribution in [0.15, 0.2) is 29.6 Å². The van der Waals surface area contributed by atoms with Crippen LogP contribution >= 0.6 is 11.3 Å². The SMILES string of the molecule is CC(C)Oc1ccc(-c2nc(CC(=O)O)cs2)cc1. The van der Waals surface area contributed by atoms with Crippen LogP contribution in [0.25, 0.3) is 10.6 Å². The van der Waals surface area contributed by atoms with E-state index in [1.54, 1.807) is 5.38 Å². The molecule has 0 atom stereocenters. The Hall–Kier alpha value is -1.88. The molecule has 1 aromatic heterocycles. The van der Waals surface area contributed by atoms with E-state index >= 15 is 0 Å². The molecule has 0 aliphatic carbocycles. The first kappa shape index (κ1) is 13.5. The van der Waals surface area contributed by atoms with Gasteiger partial charge < -0.3 is 9.84 Å². The van der Waals surface area contributed by atoms with E-state index < -0.39 is 5.97 Å². The van der Waals surface area contributed by atoms with E-state index in [4.69, 9.17) is 9.84 Å². The van der Waals surface area contributed by atoms with Crippen LogP contribution < -0.4 is 4.74 Å². The maximum Gasteiger partial charge on any atom is 0.309 e. The molecule has 0 saturated heterocycles. The first-order chi connectivity index (χ1) is 9.04. The Kier molecular flexibility index (Phi) is 4.16. The van der Waals surface area contributed by atoms with Gasteiger partial charge >= 0.3 is 5.97 Å². The van der Waals surface area contributed by atoms with Gasteiger partial charge in [0.2, 0.25) is 0 Å². The lowest BCUT2D eigenvalue weighted by molar-refractivity contribution is -0.136. The molecule has 0 aliphatic heterocycles. The summed E-state index contributed by atoms with van der Waals surface area (Å²) in [5.41, 5.74) is 1.56. The molecule has 1 heterocycles. The minimum absolute atomic E-state index is 0.0367. The van der Waals surface area contributed by atoms with Crippen molar-refractivity contribution in [2.45, 2.75) is 26.4 Å². The van der Waals surface area contributed by atoms with Crippen LogP contribution in [0.1, 0.15) is 19.5 Å². The van der Waals surface area contributed by atoms with Gasteiger partial charge in [-0.15, -0.1) is 11.3 Å². The second-order valence-electron chi connectivity index (χ2n) is 4.41. The number of nitrogens with zero attached hydrogens (tertiary/aromatic N) is 1. The van der Waals surface area contributed by atoms with Crippen LogP contribution in [-0.2, 0) is 11.2 Å². The van der Waals surface area contributed by atoms with Crippen molar-refractivity contribution in [1.29, 1.82) is 0 Å². The highest BCUT2D eigenvalue weighted by atomic mass is 32.1. The molecule has 0 saturated carbocycles. The molecular weight excluding hydrogens is 262 g/mol. The molecule has 0 unspecified atom stereocenters. The maximum absolute atomic E-state index is 10.6. The molecule has 19 heavy (non-hydrogen) atoms. The number of ether oxygens (including phenoxy) is 1. The fraction of sp³-hybridized carbons (Fsp3) is 0.286. The molecular formula is C14H15NO3S. The molecule has 5 heteroatoms. The van der Waals surface area contributed by atoms with E-state index in [0.29, 0.717) is 5.69 Å². The standard InChI is InChI=1S/C14H15NO3S/c1-9(2)18-12-5-3-10(4-6-12)14-15-11(8-19-14)7-13(16)17/h3-6,8-9H,7H2,1-2H3,(H,16,17). The van der Waals surface area contributed by atoms with Gasteiger partial charge in [-0.3, -0.25) is 4.79 Å². The van der Waals surface area contributed by atoms with Crippen LogP contribution in [0.4, 0.5) is 0 Å². The summed E-state index contributed by atoms with van der Waals surface area (Å²) in [7, 11) is 0. The lowest BCUT2D eigenvalue weighted by Gasteiger charge is -2.09. The summed E-state index contributed by atoms with van der Waals surface area (Å²) in [6.45, 7) is 3.96. The first-order valence-electron chi connectivity index (χ1n) is 5.98. The molecule has 0 radical (unpaired) electrons. The highest BCUT2D eigenvalue weighted by molar-refractivity contribution is 7.13. The number of carboxylic acid groups (broad SMARTS) is 1. The van der Waals surface area contributed by atoms with Gasteiger partial charge in [-0.2, -0.15) is 0 Å². The summed E-state index contributed by atoms with van der Waals surface area (Å²) in [5, 5.41) is 11.3. The second kappa shape index (κ2) is 5.84. The van der Waals surface area contributed by atoms with Crippen molar-refractivity contribution >= 4 is 17.3 Å². The molecule has 0 fully saturated rings. The van der Waals surface area contributed by atoms with Gasteiger partial charge in [-0.05, 0) is 38.1 Å². The van der Waals surface area contributed by atoms with Crippen LogP contribution in [0.5, 0.6) is 5.75 Å². The topological polar surface area (TPSA) is 59.4 Å². The number of aromatic nitrogens is 1. The van der Waals surface area contributed by atoms with Gasteiger partial charge in [0.25, 0.3) is 0 Å². The largest absolute Gasteiger partial charge is 0.491 e. The predicted octanol–water partition coefficient (Wildman–Crippen LogP) is 3.22. The van der Waals surface area contributed by atoms with Crippen molar-refractivity contribution in [3.05, 3.63) is 35.3 Å². The lowest BCUT2D eigenvalue weighted by atomic mass is 10.2. The highest BCUT2D eigenvalue weighted by Crippen LogP contribution is 2.26. The van der Waals surface area contributed by atoms with E-state index in [1.807, 2.05) is 38.1 Å². The Morgan fingerprint density at radius 2 is 2.05 bits per heavy atom. The maximum atomic E-state index is 10.6. The first-order valence-corrected chi connectivity index (χ1v) is 6.86. The number of carboxylic acids is 1. The summed E-state index contributed by atoms with van der Waals surface area (Å²) < 4.78 is 5.57. The van der Waals surface area contributed by atoms with Crippen molar-refractivity contribution < 1.29 is 14.6 Å². The molecule has 0 amide bonds. The zero-order valence-corrected chi connectivity index (χ0v) is 11.6. The van der Waals surface area contributed by atoms with E-state index in [-0.39, 0.29) is 12.5 Å². The summed E-state index contributed by atoms with van der Waals surface area (Å²) >= 11 is 1.45. The number of carbonyl (C=O) groups is 1. The zero-order chi connectivity index (χ0) is 13.8. The van der Waals surface area contributed by atoms with Gasteiger partial charge in [0, 0.05) is 10.9 Å². The van der Waals surface area contributed by atoms with Crippen molar-refractivity contribution in [1.82, 2.24) is 4.98 Å². The molecule has 4 nitrogen and oxygen atoms in total. The Bertz CT molecular complexity index is 560. The number of thiazole rings is 1. The average Bonchev–Trinajstić information content (AvgIpc) is 2.76. The quantitative estimate of drug-likeness (QED) is 0.911. The Balaban J connectivity index is 2.13. The van der Waals surface area contributed by atoms with Gasteiger partial charge in [-0.1, -0.05) is 0 Å². The molecule has 2 rings (SSSR count). The van der Waals surface area contributed by atoms with E-state index in [9.17, 15) is 4.79 Å². The van der Waals surface area contributed by atoms with Crippen LogP contribution in [0.2, 0.25) is 0 Å². The fourth-order valence-electron chi connectivity index (χ4n) is 1.62. The monoisotopic (exact) mass is 277 g/mol. The van der Waals surface area contributed by atoms with E-state index in [2.05, 4.69) is 4.98 Å². The molecule has 100 valence electrons. The zero-order valence-electron chi connectivity index (χ0n) is 10.8. The molecule has 0 bridgehead atoms. The summed E-state index contributed by atoms with van der Waals surface area (Å²) in [6, 6.07) is 7.66. The van der Waals surface area contributed by atoms with Crippen molar-refractivity contribution in [2.24, 2.45) is 0 Å². The predicted molar refractivity (Wildman–Crippen MR) is 74.7 cm³/mol. The van der Waals surface area contributed by atoms with Gasteiger partial charge in [0.1, 0.15) is 10.8 Å². The molecule has 0 aliphatic rings. The smallest absolute Gasteiger partial charge is 0.309 e. The number of benzene rings is 1. The average molecular weight is 277 g/mol. The fourth-order valence-corrected chi connectivity index (χ4v) is 2.45. The van der Waals surface area contributed by atoms with Gasteiger partial charge in [-0.25, -0.2) is 4.98 Å². The minimum Gasteiger partial charge on any atom is -0.491 e. The normalized spacial score (nSPS) is 10.7. The highest BCUT2D eigenvalue weighted by Gasteiger charge is 2.08. The van der Waals surface area contributed by atoms with Gasteiger partial charge in [0.15, 0.2) is 0 Å². The summed E-state index contributed by atoms with van der Waals surface area (Å²) in [5.74, 6) is -0.0430. The number of hydrogen-bond acceptors (Lipinski definition) is 4. The molecule has 2 aromatic rings. The Labute approximate surface area is 115 Å². The minimum atomic E-state index is -0.863. The van der Waals surface area contributed by atoms with Crippen molar-refractivity contribution in [3.63, 3.8) is 0 Å². The van der Waals surface area contributed by atoms with Crippen LogP contribution in [-0.4, -0.2) is 22.2 Å². The van der Waals surface area contributed by atoms with Crippen LogP contribution in [0.3, 0.4) is 0 Å². The second-order valence-corrected chi connectivity index (χ2v) is 5.26. The number of hydrogen-bond donors (Lipinski definition) is 1.